The third kappa shape index (κ3) is 8.65. The minimum atomic E-state index is -0.413. The molecule has 0 spiro atoms. The first-order valence-corrected chi connectivity index (χ1v) is 18.6. The molecular formula is C47H58O6. The lowest BCUT2D eigenvalue weighted by Gasteiger charge is -2.27. The first kappa shape index (κ1) is 39.7. The Morgan fingerprint density at radius 1 is 0.698 bits per heavy atom. The standard InChI is InChI=1S/C24H30O3.C23H28O3/c1-23(2,3)17-13-19-20(15-27-22(19)21(14-17)24(4,5)6)16-7-9-18(10-8-16)26-12-11-25;1-22(2,3)15-12-17-19(14-9-8-10-16(11-14)25-7)21(24)26-20(17)18(13-15)23(4,5)6/h7-10,13-15,25H,11-12H2,1-6H3;8-13,19H,1-7H3. The lowest BCUT2D eigenvalue weighted by Crippen LogP contribution is -2.17. The molecule has 4 aromatic carbocycles. The molecule has 53 heavy (non-hydrogen) atoms. The van der Waals surface area contributed by atoms with Gasteiger partial charge in [0, 0.05) is 27.6 Å². The van der Waals surface area contributed by atoms with Gasteiger partial charge in [-0.1, -0.05) is 126 Å². The van der Waals surface area contributed by atoms with E-state index in [2.05, 4.69) is 107 Å². The van der Waals surface area contributed by atoms with Crippen molar-refractivity contribution in [3.8, 4) is 28.4 Å². The fourth-order valence-corrected chi connectivity index (χ4v) is 6.64. The number of benzene rings is 4. The predicted octanol–water partition coefficient (Wildman–Crippen LogP) is 11.4. The monoisotopic (exact) mass is 718 g/mol. The second kappa shape index (κ2) is 14.7. The van der Waals surface area contributed by atoms with E-state index in [9.17, 15) is 4.79 Å². The summed E-state index contributed by atoms with van der Waals surface area (Å²) in [4.78, 5) is 12.8. The van der Waals surface area contributed by atoms with Crippen molar-refractivity contribution in [2.75, 3.05) is 20.3 Å². The third-order valence-electron chi connectivity index (χ3n) is 9.84. The lowest BCUT2D eigenvalue weighted by atomic mass is 9.77. The number of hydrogen-bond donors (Lipinski definition) is 1. The maximum atomic E-state index is 12.8. The SMILES string of the molecule is CC(C)(C)c1cc(C(C)(C)C)c2occ(-c3ccc(OCCO)cc3)c2c1.COc1cccc(C2C(=O)Oc3c2cc(C(C)(C)C)cc3C(C)(C)C)c1. The maximum Gasteiger partial charge on any atom is 0.323 e. The second-order valence-electron chi connectivity index (χ2n) is 18.2. The highest BCUT2D eigenvalue weighted by Crippen LogP contribution is 2.47. The molecule has 6 rings (SSSR count). The van der Waals surface area contributed by atoms with Gasteiger partial charge in [-0.2, -0.15) is 0 Å². The van der Waals surface area contributed by atoms with Crippen LogP contribution in [0, 0.1) is 0 Å². The number of aliphatic hydroxyl groups is 1. The molecule has 2 heterocycles. The number of carbonyl (C=O) groups excluding carboxylic acids is 1. The zero-order chi connectivity index (χ0) is 39.1. The molecule has 0 bridgehead atoms. The molecule has 0 aliphatic carbocycles. The van der Waals surface area contributed by atoms with Crippen LogP contribution >= 0.6 is 0 Å². The molecule has 0 radical (unpaired) electrons. The molecule has 1 N–H and O–H groups in total. The van der Waals surface area contributed by atoms with Gasteiger partial charge in [0.2, 0.25) is 0 Å². The average molecular weight is 719 g/mol. The number of rotatable bonds is 6. The van der Waals surface area contributed by atoms with Crippen LogP contribution in [0.25, 0.3) is 22.1 Å². The summed E-state index contributed by atoms with van der Waals surface area (Å²) in [5, 5.41) is 10.0. The number of carbonyl (C=O) groups is 1. The first-order valence-electron chi connectivity index (χ1n) is 18.6. The number of methoxy groups -OCH3 is 1. The Hall–Kier alpha value is -4.55. The zero-order valence-electron chi connectivity index (χ0n) is 34.0. The van der Waals surface area contributed by atoms with Crippen LogP contribution in [0.3, 0.4) is 0 Å². The van der Waals surface area contributed by atoms with E-state index in [-0.39, 0.29) is 34.2 Å². The van der Waals surface area contributed by atoms with Crippen molar-refractivity contribution in [1.82, 2.24) is 0 Å². The first-order chi connectivity index (χ1) is 24.6. The average Bonchev–Trinajstić information content (AvgIpc) is 3.65. The normalized spacial score (nSPS) is 14.8. The van der Waals surface area contributed by atoms with Crippen LogP contribution in [0.1, 0.15) is 122 Å². The van der Waals surface area contributed by atoms with Crippen molar-refractivity contribution >= 4 is 16.9 Å². The van der Waals surface area contributed by atoms with Crippen LogP contribution in [-0.4, -0.2) is 31.4 Å². The largest absolute Gasteiger partial charge is 0.497 e. The molecule has 282 valence electrons. The van der Waals surface area contributed by atoms with E-state index in [0.717, 1.165) is 56.0 Å². The topological polar surface area (TPSA) is 78.1 Å². The molecule has 5 aromatic rings. The number of aliphatic hydroxyl groups excluding tert-OH is 1. The highest BCUT2D eigenvalue weighted by Gasteiger charge is 2.39. The summed E-state index contributed by atoms with van der Waals surface area (Å²) in [6.07, 6.45) is 1.86. The van der Waals surface area contributed by atoms with Crippen molar-refractivity contribution in [2.24, 2.45) is 0 Å². The molecule has 6 heteroatoms. The quantitative estimate of drug-likeness (QED) is 0.139. The Morgan fingerprint density at radius 3 is 1.87 bits per heavy atom. The van der Waals surface area contributed by atoms with Crippen LogP contribution in [0.2, 0.25) is 0 Å². The number of esters is 1. The molecule has 1 unspecified atom stereocenters. The summed E-state index contributed by atoms with van der Waals surface area (Å²) in [5.41, 5.74) is 9.78. The third-order valence-corrected chi connectivity index (χ3v) is 9.84. The van der Waals surface area contributed by atoms with E-state index < -0.39 is 5.92 Å². The van der Waals surface area contributed by atoms with Crippen molar-refractivity contribution in [1.29, 1.82) is 0 Å². The molecule has 0 amide bonds. The smallest absolute Gasteiger partial charge is 0.323 e. The van der Waals surface area contributed by atoms with Gasteiger partial charge in [0.15, 0.2) is 0 Å². The van der Waals surface area contributed by atoms with Gasteiger partial charge in [-0.05, 0) is 74.2 Å². The fourth-order valence-electron chi connectivity index (χ4n) is 6.64. The Morgan fingerprint density at radius 2 is 1.30 bits per heavy atom. The lowest BCUT2D eigenvalue weighted by molar-refractivity contribution is -0.133. The molecule has 1 aromatic heterocycles. The summed E-state index contributed by atoms with van der Waals surface area (Å²) >= 11 is 0. The van der Waals surface area contributed by atoms with Gasteiger partial charge >= 0.3 is 5.97 Å². The molecule has 1 aliphatic rings. The van der Waals surface area contributed by atoms with Crippen LogP contribution in [0.15, 0.2) is 83.5 Å². The van der Waals surface area contributed by atoms with E-state index in [4.69, 9.17) is 23.7 Å². The van der Waals surface area contributed by atoms with Crippen molar-refractivity contribution in [2.45, 2.75) is 111 Å². The molecule has 0 saturated heterocycles. The van der Waals surface area contributed by atoms with E-state index in [0.29, 0.717) is 6.61 Å². The van der Waals surface area contributed by atoms with Gasteiger partial charge in [0.1, 0.15) is 35.4 Å². The van der Waals surface area contributed by atoms with Crippen molar-refractivity contribution < 1.29 is 28.5 Å². The zero-order valence-corrected chi connectivity index (χ0v) is 34.0. The summed E-state index contributed by atoms with van der Waals surface area (Å²) in [6, 6.07) is 24.5. The van der Waals surface area contributed by atoms with E-state index in [1.807, 2.05) is 54.8 Å². The molecule has 0 saturated carbocycles. The summed E-state index contributed by atoms with van der Waals surface area (Å²) in [7, 11) is 1.63. The molecule has 6 nitrogen and oxygen atoms in total. The Kier molecular flexibility index (Phi) is 11.0. The van der Waals surface area contributed by atoms with Crippen LogP contribution in [0.4, 0.5) is 0 Å². The number of fused-ring (bicyclic) bond motifs is 2. The molecule has 1 atom stereocenters. The Bertz CT molecular complexity index is 2070. The summed E-state index contributed by atoms with van der Waals surface area (Å²) in [6.45, 7) is 26.8. The van der Waals surface area contributed by atoms with Gasteiger partial charge in [0.25, 0.3) is 0 Å². The molecule has 0 fully saturated rings. The van der Waals surface area contributed by atoms with Gasteiger partial charge in [-0.3, -0.25) is 4.79 Å². The van der Waals surface area contributed by atoms with Crippen LogP contribution in [-0.2, 0) is 26.5 Å². The highest BCUT2D eigenvalue weighted by molar-refractivity contribution is 5.96. The van der Waals surface area contributed by atoms with Gasteiger partial charge in [-0.25, -0.2) is 0 Å². The van der Waals surface area contributed by atoms with E-state index in [1.165, 1.54) is 16.7 Å². The molecular weight excluding hydrogens is 661 g/mol. The van der Waals surface area contributed by atoms with Crippen LogP contribution < -0.4 is 14.2 Å². The van der Waals surface area contributed by atoms with E-state index >= 15 is 0 Å². The highest BCUT2D eigenvalue weighted by atomic mass is 16.5. The van der Waals surface area contributed by atoms with Gasteiger partial charge in [0.05, 0.1) is 20.0 Å². The second-order valence-corrected chi connectivity index (χ2v) is 18.2. The summed E-state index contributed by atoms with van der Waals surface area (Å²) < 4.78 is 22.7. The fraction of sp³-hybridized carbons (Fsp3) is 0.426. The summed E-state index contributed by atoms with van der Waals surface area (Å²) in [5.74, 6) is 1.59. The van der Waals surface area contributed by atoms with Crippen molar-refractivity contribution in [3.63, 3.8) is 0 Å². The Balaban J connectivity index is 0.000000204. The van der Waals surface area contributed by atoms with Gasteiger partial charge in [-0.15, -0.1) is 0 Å². The Labute approximate surface area is 316 Å². The predicted molar refractivity (Wildman–Crippen MR) is 216 cm³/mol. The minimum Gasteiger partial charge on any atom is -0.497 e. The van der Waals surface area contributed by atoms with Gasteiger partial charge < -0.3 is 23.7 Å². The molecule has 1 aliphatic heterocycles. The maximum absolute atomic E-state index is 12.8. The van der Waals surface area contributed by atoms with Crippen molar-refractivity contribution in [3.05, 3.63) is 112 Å². The number of ether oxygens (including phenoxy) is 3. The number of hydrogen-bond acceptors (Lipinski definition) is 6. The van der Waals surface area contributed by atoms with E-state index in [1.54, 1.807) is 7.11 Å². The van der Waals surface area contributed by atoms with Crippen LogP contribution in [0.5, 0.6) is 17.2 Å². The number of furan rings is 1. The minimum absolute atomic E-state index is 0.00335.